The van der Waals surface area contributed by atoms with Crippen molar-refractivity contribution in [2.75, 3.05) is 26.2 Å². The predicted molar refractivity (Wildman–Crippen MR) is 73.5 cm³/mol. The first-order valence-corrected chi connectivity index (χ1v) is 7.31. The van der Waals surface area contributed by atoms with Gasteiger partial charge in [0.05, 0.1) is 6.61 Å². The molecular weight excluding hydrogens is 228 g/mol. The van der Waals surface area contributed by atoms with Crippen molar-refractivity contribution in [3.63, 3.8) is 0 Å². The molecule has 0 radical (unpaired) electrons. The minimum absolute atomic E-state index is 0.0385. The van der Waals surface area contributed by atoms with Crippen LogP contribution in [0.4, 0.5) is 4.79 Å². The largest absolute Gasteiger partial charge is 0.396 e. The van der Waals surface area contributed by atoms with Crippen LogP contribution in [0.2, 0.25) is 0 Å². The van der Waals surface area contributed by atoms with Gasteiger partial charge in [-0.1, -0.05) is 26.7 Å². The number of hydrogen-bond acceptors (Lipinski definition) is 2. The third-order valence-electron chi connectivity index (χ3n) is 4.34. The molecule has 2 N–H and O–H groups in total. The van der Waals surface area contributed by atoms with Gasteiger partial charge in [0.1, 0.15) is 0 Å². The molecular formula is C14H28N2O2. The maximum atomic E-state index is 12.1. The summed E-state index contributed by atoms with van der Waals surface area (Å²) in [4.78, 5) is 14.0. The molecule has 0 aromatic carbocycles. The molecule has 1 rings (SSSR count). The highest BCUT2D eigenvalue weighted by Gasteiger charge is 2.26. The Labute approximate surface area is 111 Å². The Balaban J connectivity index is 2.43. The zero-order valence-electron chi connectivity index (χ0n) is 11.9. The lowest BCUT2D eigenvalue weighted by Gasteiger charge is -2.31. The van der Waals surface area contributed by atoms with E-state index in [-0.39, 0.29) is 18.1 Å². The van der Waals surface area contributed by atoms with E-state index >= 15 is 0 Å². The fourth-order valence-electron chi connectivity index (χ4n) is 2.43. The summed E-state index contributed by atoms with van der Waals surface area (Å²) in [7, 11) is 0. The normalized spacial score (nSPS) is 17.4. The van der Waals surface area contributed by atoms with Crippen molar-refractivity contribution >= 4 is 6.03 Å². The molecule has 0 aliphatic carbocycles. The van der Waals surface area contributed by atoms with Gasteiger partial charge in [-0.3, -0.25) is 0 Å². The number of hydrogen-bond donors (Lipinski definition) is 2. The van der Waals surface area contributed by atoms with E-state index in [2.05, 4.69) is 19.2 Å². The standard InChI is InChI=1S/C14H28N2O2/c1-3-14(4-2,12-17)11-15-13(18)16-9-7-5-6-8-10-16/h17H,3-12H2,1-2H3,(H,15,18). The number of likely N-dealkylation sites (tertiary alicyclic amines) is 1. The second-order valence-electron chi connectivity index (χ2n) is 5.43. The Bertz CT molecular complexity index is 236. The molecule has 2 amide bonds. The fraction of sp³-hybridized carbons (Fsp3) is 0.929. The van der Waals surface area contributed by atoms with Crippen LogP contribution < -0.4 is 5.32 Å². The van der Waals surface area contributed by atoms with Crippen LogP contribution in [0.5, 0.6) is 0 Å². The van der Waals surface area contributed by atoms with Crippen LogP contribution in [0.15, 0.2) is 0 Å². The highest BCUT2D eigenvalue weighted by atomic mass is 16.3. The van der Waals surface area contributed by atoms with Crippen molar-refractivity contribution < 1.29 is 9.90 Å². The molecule has 1 aliphatic rings. The second kappa shape index (κ2) is 7.62. The summed E-state index contributed by atoms with van der Waals surface area (Å²) in [6.45, 7) is 6.59. The lowest BCUT2D eigenvalue weighted by Crippen LogP contribution is -2.46. The van der Waals surface area contributed by atoms with Gasteiger partial charge in [-0.2, -0.15) is 0 Å². The van der Waals surface area contributed by atoms with Crippen molar-refractivity contribution in [2.45, 2.75) is 52.4 Å². The van der Waals surface area contributed by atoms with Crippen molar-refractivity contribution in [3.05, 3.63) is 0 Å². The van der Waals surface area contributed by atoms with Gasteiger partial charge in [0.25, 0.3) is 0 Å². The summed E-state index contributed by atoms with van der Waals surface area (Å²) >= 11 is 0. The molecule has 4 nitrogen and oxygen atoms in total. The number of carbonyl (C=O) groups is 1. The van der Waals surface area contributed by atoms with E-state index in [4.69, 9.17) is 0 Å². The maximum Gasteiger partial charge on any atom is 0.317 e. The van der Waals surface area contributed by atoms with Gasteiger partial charge >= 0.3 is 6.03 Å². The van der Waals surface area contributed by atoms with E-state index in [1.165, 1.54) is 12.8 Å². The minimum Gasteiger partial charge on any atom is -0.396 e. The smallest absolute Gasteiger partial charge is 0.317 e. The Morgan fingerprint density at radius 1 is 1.17 bits per heavy atom. The molecule has 1 fully saturated rings. The zero-order chi connectivity index (χ0) is 13.4. The van der Waals surface area contributed by atoms with Gasteiger partial charge in [0.2, 0.25) is 0 Å². The lowest BCUT2D eigenvalue weighted by molar-refractivity contribution is 0.112. The summed E-state index contributed by atoms with van der Waals surface area (Å²) in [6.07, 6.45) is 6.46. The monoisotopic (exact) mass is 256 g/mol. The van der Waals surface area contributed by atoms with Crippen molar-refractivity contribution in [3.8, 4) is 0 Å². The van der Waals surface area contributed by atoms with Crippen LogP contribution in [0.1, 0.15) is 52.4 Å². The van der Waals surface area contributed by atoms with Crippen LogP contribution in [0, 0.1) is 5.41 Å². The van der Waals surface area contributed by atoms with E-state index in [9.17, 15) is 9.90 Å². The van der Waals surface area contributed by atoms with E-state index < -0.39 is 0 Å². The van der Waals surface area contributed by atoms with Crippen LogP contribution in [-0.4, -0.2) is 42.3 Å². The van der Waals surface area contributed by atoms with E-state index in [1.54, 1.807) is 0 Å². The number of amides is 2. The molecule has 0 bridgehead atoms. The second-order valence-corrected chi connectivity index (χ2v) is 5.43. The van der Waals surface area contributed by atoms with Crippen molar-refractivity contribution in [2.24, 2.45) is 5.41 Å². The van der Waals surface area contributed by atoms with E-state index in [0.29, 0.717) is 6.54 Å². The quantitative estimate of drug-likeness (QED) is 0.793. The van der Waals surface area contributed by atoms with Crippen LogP contribution in [0.3, 0.4) is 0 Å². The Morgan fingerprint density at radius 2 is 1.72 bits per heavy atom. The van der Waals surface area contributed by atoms with Gasteiger partial charge < -0.3 is 15.3 Å². The summed E-state index contributed by atoms with van der Waals surface area (Å²) in [6, 6.07) is 0.0385. The van der Waals surface area contributed by atoms with E-state index in [0.717, 1.165) is 38.8 Å². The Hall–Kier alpha value is -0.770. The molecule has 0 atom stereocenters. The van der Waals surface area contributed by atoms with Gasteiger partial charge in [-0.15, -0.1) is 0 Å². The summed E-state index contributed by atoms with van der Waals surface area (Å²) in [5.41, 5.74) is -0.151. The van der Waals surface area contributed by atoms with Crippen molar-refractivity contribution in [1.29, 1.82) is 0 Å². The number of urea groups is 1. The summed E-state index contributed by atoms with van der Waals surface area (Å²) in [5, 5.41) is 12.5. The molecule has 4 heteroatoms. The molecule has 0 aromatic heterocycles. The van der Waals surface area contributed by atoms with Crippen molar-refractivity contribution in [1.82, 2.24) is 10.2 Å². The topological polar surface area (TPSA) is 52.6 Å². The van der Waals surface area contributed by atoms with Crippen LogP contribution in [-0.2, 0) is 0 Å². The number of nitrogens with zero attached hydrogens (tertiary/aromatic N) is 1. The zero-order valence-corrected chi connectivity index (χ0v) is 11.9. The number of aliphatic hydroxyl groups is 1. The molecule has 0 aromatic rings. The highest BCUT2D eigenvalue weighted by Crippen LogP contribution is 2.24. The average Bonchev–Trinajstić information content (AvgIpc) is 2.69. The molecule has 1 heterocycles. The first kappa shape index (κ1) is 15.3. The predicted octanol–water partition coefficient (Wildman–Crippen LogP) is 2.37. The van der Waals surface area contributed by atoms with Gasteiger partial charge in [0, 0.05) is 25.0 Å². The van der Waals surface area contributed by atoms with Crippen LogP contribution in [0.25, 0.3) is 0 Å². The molecule has 0 unspecified atom stereocenters. The van der Waals surface area contributed by atoms with Gasteiger partial charge in [0.15, 0.2) is 0 Å². The molecule has 106 valence electrons. The number of rotatable bonds is 5. The number of nitrogens with one attached hydrogen (secondary N) is 1. The summed E-state index contributed by atoms with van der Waals surface area (Å²) in [5.74, 6) is 0. The first-order valence-electron chi connectivity index (χ1n) is 7.31. The van der Waals surface area contributed by atoms with Crippen LogP contribution >= 0.6 is 0 Å². The van der Waals surface area contributed by atoms with Gasteiger partial charge in [-0.05, 0) is 25.7 Å². The molecule has 0 saturated carbocycles. The highest BCUT2D eigenvalue weighted by molar-refractivity contribution is 5.74. The molecule has 1 aliphatic heterocycles. The Kier molecular flexibility index (Phi) is 6.47. The molecule has 18 heavy (non-hydrogen) atoms. The Morgan fingerprint density at radius 3 is 2.17 bits per heavy atom. The number of carbonyl (C=O) groups excluding carboxylic acids is 1. The van der Waals surface area contributed by atoms with E-state index in [1.807, 2.05) is 4.90 Å². The SMILES string of the molecule is CCC(CC)(CO)CNC(=O)N1CCCCCC1. The minimum atomic E-state index is -0.151. The molecule has 0 spiro atoms. The summed E-state index contributed by atoms with van der Waals surface area (Å²) < 4.78 is 0. The fourth-order valence-corrected chi connectivity index (χ4v) is 2.43. The average molecular weight is 256 g/mol. The molecule has 1 saturated heterocycles. The maximum absolute atomic E-state index is 12.1. The first-order chi connectivity index (χ1) is 8.67. The third kappa shape index (κ3) is 4.16. The number of aliphatic hydroxyl groups excluding tert-OH is 1. The third-order valence-corrected chi connectivity index (χ3v) is 4.34. The lowest BCUT2D eigenvalue weighted by atomic mass is 9.83. The van der Waals surface area contributed by atoms with Gasteiger partial charge in [-0.25, -0.2) is 4.79 Å².